The molecule has 0 aliphatic carbocycles. The van der Waals surface area contributed by atoms with Crippen molar-refractivity contribution in [3.63, 3.8) is 0 Å². The maximum atomic E-state index is 13.4. The van der Waals surface area contributed by atoms with E-state index in [4.69, 9.17) is 9.84 Å². The maximum Gasteiger partial charge on any atom is 0.155 e. The van der Waals surface area contributed by atoms with Gasteiger partial charge in [0, 0.05) is 38.2 Å². The molecule has 150 valence electrons. The molecule has 0 aliphatic heterocycles. The molecule has 1 aromatic carbocycles. The first-order valence-electron chi connectivity index (χ1n) is 9.60. The molecule has 0 N–H and O–H groups in total. The highest BCUT2D eigenvalue weighted by molar-refractivity contribution is 6.76. The van der Waals surface area contributed by atoms with Crippen LogP contribution in [0.2, 0.25) is 25.7 Å². The zero-order valence-electron chi connectivity index (χ0n) is 16.8. The molecule has 4 aromatic rings. The number of hydrogen-bond acceptors (Lipinski definition) is 4. The van der Waals surface area contributed by atoms with Crippen molar-refractivity contribution in [2.75, 3.05) is 6.61 Å². The second kappa shape index (κ2) is 7.88. The summed E-state index contributed by atoms with van der Waals surface area (Å²) in [6.45, 7) is 8.09. The van der Waals surface area contributed by atoms with Gasteiger partial charge >= 0.3 is 0 Å². The zero-order chi connectivity index (χ0) is 20.4. The van der Waals surface area contributed by atoms with Crippen LogP contribution in [0, 0.1) is 5.82 Å². The predicted octanol–water partition coefficient (Wildman–Crippen LogP) is 4.71. The fourth-order valence-electron chi connectivity index (χ4n) is 3.04. The van der Waals surface area contributed by atoms with Gasteiger partial charge in [-0.2, -0.15) is 10.2 Å². The lowest BCUT2D eigenvalue weighted by atomic mass is 10.0. The zero-order valence-corrected chi connectivity index (χ0v) is 17.8. The van der Waals surface area contributed by atoms with Gasteiger partial charge in [0.15, 0.2) is 5.65 Å². The van der Waals surface area contributed by atoms with E-state index in [1.54, 1.807) is 21.3 Å². The molecule has 0 spiro atoms. The topological polar surface area (TPSA) is 57.2 Å². The van der Waals surface area contributed by atoms with E-state index in [0.717, 1.165) is 40.7 Å². The van der Waals surface area contributed by atoms with E-state index < -0.39 is 8.07 Å². The third-order valence-corrected chi connectivity index (χ3v) is 6.40. The number of ether oxygens (including phenoxy) is 1. The number of hydrogen-bond donors (Lipinski definition) is 0. The first-order valence-corrected chi connectivity index (χ1v) is 13.3. The number of aromatic nitrogens is 5. The smallest absolute Gasteiger partial charge is 0.155 e. The van der Waals surface area contributed by atoms with Gasteiger partial charge in [0.2, 0.25) is 0 Å². The van der Waals surface area contributed by atoms with E-state index in [1.165, 1.54) is 18.5 Å². The van der Waals surface area contributed by atoms with Crippen LogP contribution in [0.15, 0.2) is 55.1 Å². The number of pyridine rings is 1. The summed E-state index contributed by atoms with van der Waals surface area (Å²) < 4.78 is 22.8. The summed E-state index contributed by atoms with van der Waals surface area (Å²) in [6, 6.07) is 11.4. The lowest BCUT2D eigenvalue weighted by molar-refractivity contribution is 0.0788. The van der Waals surface area contributed by atoms with E-state index in [2.05, 4.69) is 29.7 Å². The van der Waals surface area contributed by atoms with Crippen molar-refractivity contribution in [3.8, 4) is 22.4 Å². The molecule has 0 atom stereocenters. The van der Waals surface area contributed by atoms with Crippen LogP contribution in [0.3, 0.4) is 0 Å². The van der Waals surface area contributed by atoms with Crippen molar-refractivity contribution in [2.24, 2.45) is 0 Å². The highest BCUT2D eigenvalue weighted by Crippen LogP contribution is 2.31. The summed E-state index contributed by atoms with van der Waals surface area (Å²) in [4.78, 5) is 4.26. The molecular formula is C21H24FN5OSi. The largest absolute Gasteiger partial charge is 0.360 e. The standard InChI is InChI=1S/C21H24FN5OSi/c1-29(2,3)11-10-28-15-26-13-19(17-8-9-27-20(12-17)23-14-24-27)21(25-26)16-4-6-18(22)7-5-16/h4-9,12-14H,10-11,15H2,1-3H3. The third-order valence-electron chi connectivity index (χ3n) is 4.69. The molecule has 0 saturated carbocycles. The Morgan fingerprint density at radius 2 is 1.86 bits per heavy atom. The Kier molecular flexibility index (Phi) is 5.29. The summed E-state index contributed by atoms with van der Waals surface area (Å²) in [6.07, 6.45) is 5.36. The van der Waals surface area contributed by atoms with Gasteiger partial charge in [-0.15, -0.1) is 0 Å². The Hall–Kier alpha value is -2.84. The number of rotatable bonds is 7. The second-order valence-electron chi connectivity index (χ2n) is 8.26. The molecule has 0 radical (unpaired) electrons. The van der Waals surface area contributed by atoms with Gasteiger partial charge < -0.3 is 4.74 Å². The van der Waals surface area contributed by atoms with Crippen LogP contribution < -0.4 is 0 Å². The molecule has 0 fully saturated rings. The number of halogens is 1. The second-order valence-corrected chi connectivity index (χ2v) is 13.9. The molecule has 29 heavy (non-hydrogen) atoms. The lowest BCUT2D eigenvalue weighted by Crippen LogP contribution is -2.22. The van der Waals surface area contributed by atoms with E-state index in [1.807, 2.05) is 24.5 Å². The highest BCUT2D eigenvalue weighted by atomic mass is 28.3. The summed E-state index contributed by atoms with van der Waals surface area (Å²) in [5, 5.41) is 8.87. The van der Waals surface area contributed by atoms with Crippen molar-refractivity contribution < 1.29 is 9.13 Å². The predicted molar refractivity (Wildman–Crippen MR) is 114 cm³/mol. The van der Waals surface area contributed by atoms with Crippen molar-refractivity contribution in [2.45, 2.75) is 32.4 Å². The van der Waals surface area contributed by atoms with Crippen molar-refractivity contribution in [1.29, 1.82) is 0 Å². The van der Waals surface area contributed by atoms with Gasteiger partial charge in [0.25, 0.3) is 0 Å². The molecule has 8 heteroatoms. The van der Waals surface area contributed by atoms with E-state index in [0.29, 0.717) is 6.73 Å². The van der Waals surface area contributed by atoms with Crippen molar-refractivity contribution >= 4 is 13.7 Å². The van der Waals surface area contributed by atoms with Gasteiger partial charge in [-0.05, 0) is 48.0 Å². The van der Waals surface area contributed by atoms with Gasteiger partial charge in [0.1, 0.15) is 24.6 Å². The van der Waals surface area contributed by atoms with E-state index in [9.17, 15) is 4.39 Å². The monoisotopic (exact) mass is 409 g/mol. The molecular weight excluding hydrogens is 385 g/mol. The van der Waals surface area contributed by atoms with Crippen LogP contribution in [0.25, 0.3) is 28.0 Å². The van der Waals surface area contributed by atoms with E-state index >= 15 is 0 Å². The Balaban J connectivity index is 1.66. The van der Waals surface area contributed by atoms with E-state index in [-0.39, 0.29) is 5.82 Å². The molecule has 4 rings (SSSR count). The fraction of sp³-hybridized carbons (Fsp3) is 0.286. The Labute approximate surface area is 170 Å². The van der Waals surface area contributed by atoms with Gasteiger partial charge in [0.05, 0.1) is 0 Å². The normalized spacial score (nSPS) is 12.0. The molecule has 0 amide bonds. The van der Waals surface area contributed by atoms with Crippen LogP contribution in [-0.2, 0) is 11.5 Å². The fourth-order valence-corrected chi connectivity index (χ4v) is 3.80. The molecule has 0 unspecified atom stereocenters. The minimum atomic E-state index is -1.14. The molecule has 6 nitrogen and oxygen atoms in total. The summed E-state index contributed by atoms with van der Waals surface area (Å²) >= 11 is 0. The first-order chi connectivity index (χ1) is 13.9. The summed E-state index contributed by atoms with van der Waals surface area (Å²) in [7, 11) is -1.14. The van der Waals surface area contributed by atoms with Crippen LogP contribution in [-0.4, -0.2) is 39.1 Å². The first kappa shape index (κ1) is 19.5. The van der Waals surface area contributed by atoms with Gasteiger partial charge in [-0.1, -0.05) is 19.6 Å². The number of fused-ring (bicyclic) bond motifs is 1. The highest BCUT2D eigenvalue weighted by Gasteiger charge is 2.16. The molecule has 0 bridgehead atoms. The average Bonchev–Trinajstić information content (AvgIpc) is 3.31. The van der Waals surface area contributed by atoms with Crippen LogP contribution in [0.5, 0.6) is 0 Å². The Morgan fingerprint density at radius 3 is 2.62 bits per heavy atom. The maximum absolute atomic E-state index is 13.4. The third kappa shape index (κ3) is 4.60. The van der Waals surface area contributed by atoms with Crippen LogP contribution in [0.4, 0.5) is 4.39 Å². The van der Waals surface area contributed by atoms with Crippen LogP contribution in [0.1, 0.15) is 0 Å². The average molecular weight is 410 g/mol. The SMILES string of the molecule is C[Si](C)(C)CCOCn1cc(-c2ccn3ncnc3c2)c(-c2ccc(F)cc2)n1. The number of benzene rings is 1. The Morgan fingerprint density at radius 1 is 1.07 bits per heavy atom. The van der Waals surface area contributed by atoms with Crippen molar-refractivity contribution in [3.05, 3.63) is 60.9 Å². The number of nitrogens with zero attached hydrogens (tertiary/aromatic N) is 5. The molecule has 0 aliphatic rings. The van der Waals surface area contributed by atoms with Crippen LogP contribution >= 0.6 is 0 Å². The quantitative estimate of drug-likeness (QED) is 0.328. The minimum Gasteiger partial charge on any atom is -0.360 e. The van der Waals surface area contributed by atoms with Gasteiger partial charge in [-0.25, -0.2) is 18.6 Å². The van der Waals surface area contributed by atoms with Crippen molar-refractivity contribution in [1.82, 2.24) is 24.4 Å². The molecule has 3 aromatic heterocycles. The Bertz CT molecular complexity index is 1110. The lowest BCUT2D eigenvalue weighted by Gasteiger charge is -2.15. The summed E-state index contributed by atoms with van der Waals surface area (Å²) in [5.74, 6) is -0.269. The van der Waals surface area contributed by atoms with Gasteiger partial charge in [-0.3, -0.25) is 0 Å². The minimum absolute atomic E-state index is 0.269. The summed E-state index contributed by atoms with van der Waals surface area (Å²) in [5.41, 5.74) is 4.30. The molecule has 3 heterocycles. The molecule has 0 saturated heterocycles.